The molecule has 0 aromatic carbocycles. The molecule has 1 N–H and O–H groups in total. The third-order valence-corrected chi connectivity index (χ3v) is 5.99. The standard InChI is InChI=1S/C12H24N2O2S/c1-2-11-6-8-14(9-11)17(15,16)10-12-5-3-4-7-13-12/h11-13H,2-10H2,1H3. The molecule has 2 heterocycles. The van der Waals surface area contributed by atoms with Crippen LogP contribution in [0.15, 0.2) is 0 Å². The van der Waals surface area contributed by atoms with Crippen LogP contribution in [0.4, 0.5) is 0 Å². The van der Waals surface area contributed by atoms with Crippen LogP contribution in [0.3, 0.4) is 0 Å². The number of hydrogen-bond donors (Lipinski definition) is 1. The summed E-state index contributed by atoms with van der Waals surface area (Å²) < 4.78 is 26.2. The Hall–Kier alpha value is -0.130. The molecule has 0 saturated carbocycles. The number of hydrogen-bond acceptors (Lipinski definition) is 3. The van der Waals surface area contributed by atoms with Gasteiger partial charge >= 0.3 is 0 Å². The van der Waals surface area contributed by atoms with E-state index in [0.717, 1.165) is 45.3 Å². The molecule has 5 heteroatoms. The Morgan fingerprint density at radius 1 is 1.29 bits per heavy atom. The van der Waals surface area contributed by atoms with Crippen LogP contribution in [0.2, 0.25) is 0 Å². The van der Waals surface area contributed by atoms with Crippen molar-refractivity contribution in [2.75, 3.05) is 25.4 Å². The maximum absolute atomic E-state index is 12.2. The Balaban J connectivity index is 1.90. The van der Waals surface area contributed by atoms with Gasteiger partial charge in [-0.25, -0.2) is 12.7 Å². The van der Waals surface area contributed by atoms with Crippen molar-refractivity contribution in [2.24, 2.45) is 5.92 Å². The van der Waals surface area contributed by atoms with Crippen LogP contribution in [-0.4, -0.2) is 44.2 Å². The highest BCUT2D eigenvalue weighted by molar-refractivity contribution is 7.89. The van der Waals surface area contributed by atoms with E-state index < -0.39 is 10.0 Å². The average Bonchev–Trinajstić information content (AvgIpc) is 2.79. The number of piperidine rings is 1. The minimum atomic E-state index is -3.03. The molecule has 2 atom stereocenters. The molecule has 2 saturated heterocycles. The summed E-state index contributed by atoms with van der Waals surface area (Å²) in [6.45, 7) is 4.58. The SMILES string of the molecule is CCC1CCN(S(=O)(=O)CC2CCCCN2)C1. The largest absolute Gasteiger partial charge is 0.313 e. The van der Waals surface area contributed by atoms with Crippen molar-refractivity contribution in [3.63, 3.8) is 0 Å². The lowest BCUT2D eigenvalue weighted by atomic mass is 10.1. The summed E-state index contributed by atoms with van der Waals surface area (Å²) in [5.41, 5.74) is 0. The molecule has 100 valence electrons. The molecule has 0 radical (unpaired) electrons. The molecule has 2 unspecified atom stereocenters. The smallest absolute Gasteiger partial charge is 0.215 e. The van der Waals surface area contributed by atoms with Crippen molar-refractivity contribution < 1.29 is 8.42 Å². The molecule has 2 fully saturated rings. The number of rotatable bonds is 4. The maximum atomic E-state index is 12.2. The lowest BCUT2D eigenvalue weighted by Crippen LogP contribution is -2.43. The summed E-state index contributed by atoms with van der Waals surface area (Å²) in [6.07, 6.45) is 5.47. The van der Waals surface area contributed by atoms with Gasteiger partial charge in [0.2, 0.25) is 10.0 Å². The number of sulfonamides is 1. The molecule has 4 nitrogen and oxygen atoms in total. The van der Waals surface area contributed by atoms with Crippen LogP contribution in [-0.2, 0) is 10.0 Å². The van der Waals surface area contributed by atoms with Crippen LogP contribution < -0.4 is 5.32 Å². The Labute approximate surface area is 105 Å². The number of nitrogens with zero attached hydrogens (tertiary/aromatic N) is 1. The summed E-state index contributed by atoms with van der Waals surface area (Å²) in [6, 6.07) is 0.175. The van der Waals surface area contributed by atoms with E-state index >= 15 is 0 Å². The molecule has 0 spiro atoms. The van der Waals surface area contributed by atoms with Gasteiger partial charge in [-0.05, 0) is 31.7 Å². The van der Waals surface area contributed by atoms with Crippen molar-refractivity contribution >= 4 is 10.0 Å². The van der Waals surface area contributed by atoms with Gasteiger partial charge in [0.25, 0.3) is 0 Å². The fourth-order valence-electron chi connectivity index (χ4n) is 2.81. The summed E-state index contributed by atoms with van der Waals surface area (Å²) in [5.74, 6) is 0.868. The quantitative estimate of drug-likeness (QED) is 0.826. The Bertz CT molecular complexity index is 336. The summed E-state index contributed by atoms with van der Waals surface area (Å²) >= 11 is 0. The van der Waals surface area contributed by atoms with E-state index in [1.807, 2.05) is 0 Å². The molecule has 17 heavy (non-hydrogen) atoms. The first-order valence-corrected chi connectivity index (χ1v) is 8.44. The van der Waals surface area contributed by atoms with Crippen molar-refractivity contribution in [1.82, 2.24) is 9.62 Å². The van der Waals surface area contributed by atoms with Crippen molar-refractivity contribution in [3.05, 3.63) is 0 Å². The Morgan fingerprint density at radius 2 is 2.12 bits per heavy atom. The van der Waals surface area contributed by atoms with Crippen LogP contribution in [0.25, 0.3) is 0 Å². The molecule has 0 aromatic heterocycles. The molecule has 2 rings (SSSR count). The highest BCUT2D eigenvalue weighted by atomic mass is 32.2. The molecule has 0 aromatic rings. The van der Waals surface area contributed by atoms with E-state index in [9.17, 15) is 8.42 Å². The van der Waals surface area contributed by atoms with E-state index in [4.69, 9.17) is 0 Å². The zero-order valence-electron chi connectivity index (χ0n) is 10.7. The minimum absolute atomic E-state index is 0.175. The van der Waals surface area contributed by atoms with E-state index in [1.54, 1.807) is 4.31 Å². The first-order chi connectivity index (χ1) is 8.12. The van der Waals surface area contributed by atoms with Gasteiger partial charge in [-0.1, -0.05) is 19.8 Å². The van der Waals surface area contributed by atoms with Crippen LogP contribution in [0.5, 0.6) is 0 Å². The first kappa shape index (κ1) is 13.3. The third kappa shape index (κ3) is 3.42. The van der Waals surface area contributed by atoms with Gasteiger partial charge in [-0.15, -0.1) is 0 Å². The fraction of sp³-hybridized carbons (Fsp3) is 1.00. The van der Waals surface area contributed by atoms with Gasteiger partial charge < -0.3 is 5.32 Å². The summed E-state index contributed by atoms with van der Waals surface area (Å²) in [5, 5.41) is 3.32. The van der Waals surface area contributed by atoms with E-state index in [-0.39, 0.29) is 6.04 Å². The molecule has 0 bridgehead atoms. The third-order valence-electron chi connectivity index (χ3n) is 4.04. The van der Waals surface area contributed by atoms with Crippen molar-refractivity contribution in [1.29, 1.82) is 0 Å². The van der Waals surface area contributed by atoms with Gasteiger partial charge in [0.1, 0.15) is 0 Å². The lowest BCUT2D eigenvalue weighted by molar-refractivity contribution is 0.406. The highest BCUT2D eigenvalue weighted by Crippen LogP contribution is 2.23. The minimum Gasteiger partial charge on any atom is -0.313 e. The zero-order chi connectivity index (χ0) is 12.3. The highest BCUT2D eigenvalue weighted by Gasteiger charge is 2.32. The Morgan fingerprint density at radius 3 is 2.71 bits per heavy atom. The zero-order valence-corrected chi connectivity index (χ0v) is 11.5. The summed E-state index contributed by atoms with van der Waals surface area (Å²) in [7, 11) is -3.03. The first-order valence-electron chi connectivity index (χ1n) is 6.83. The Kier molecular flexibility index (Phi) is 4.44. The second kappa shape index (κ2) is 5.67. The molecular formula is C12H24N2O2S. The number of nitrogens with one attached hydrogen (secondary N) is 1. The predicted octanol–water partition coefficient (Wildman–Crippen LogP) is 1.19. The summed E-state index contributed by atoms with van der Waals surface area (Å²) in [4.78, 5) is 0. The molecule has 2 aliphatic rings. The lowest BCUT2D eigenvalue weighted by Gasteiger charge is -2.25. The van der Waals surface area contributed by atoms with Gasteiger partial charge in [0, 0.05) is 19.1 Å². The van der Waals surface area contributed by atoms with E-state index in [0.29, 0.717) is 11.7 Å². The molecule has 0 aliphatic carbocycles. The van der Waals surface area contributed by atoms with Gasteiger partial charge in [0.05, 0.1) is 5.75 Å². The van der Waals surface area contributed by atoms with Crippen molar-refractivity contribution in [2.45, 2.75) is 45.1 Å². The van der Waals surface area contributed by atoms with Crippen molar-refractivity contribution in [3.8, 4) is 0 Å². The van der Waals surface area contributed by atoms with Crippen LogP contribution >= 0.6 is 0 Å². The van der Waals surface area contributed by atoms with E-state index in [1.165, 1.54) is 6.42 Å². The maximum Gasteiger partial charge on any atom is 0.215 e. The predicted molar refractivity (Wildman–Crippen MR) is 69.4 cm³/mol. The average molecular weight is 260 g/mol. The fourth-order valence-corrected chi connectivity index (χ4v) is 4.63. The van der Waals surface area contributed by atoms with E-state index in [2.05, 4.69) is 12.2 Å². The van der Waals surface area contributed by atoms with Gasteiger partial charge in [-0.3, -0.25) is 0 Å². The van der Waals surface area contributed by atoms with Gasteiger partial charge in [0.15, 0.2) is 0 Å². The monoisotopic (exact) mass is 260 g/mol. The van der Waals surface area contributed by atoms with Gasteiger partial charge in [-0.2, -0.15) is 0 Å². The van der Waals surface area contributed by atoms with Crippen LogP contribution in [0, 0.1) is 5.92 Å². The van der Waals surface area contributed by atoms with Crippen LogP contribution in [0.1, 0.15) is 39.0 Å². The normalized spacial score (nSPS) is 31.8. The molecule has 2 aliphatic heterocycles. The topological polar surface area (TPSA) is 49.4 Å². The second-order valence-corrected chi connectivity index (χ2v) is 7.36. The second-order valence-electron chi connectivity index (χ2n) is 5.35. The molecule has 0 amide bonds. The molecular weight excluding hydrogens is 236 g/mol.